The van der Waals surface area contributed by atoms with Gasteiger partial charge in [0.1, 0.15) is 5.75 Å². The molecule has 0 saturated heterocycles. The molecule has 2 rings (SSSR count). The molecule has 2 aromatic rings. The van der Waals surface area contributed by atoms with Gasteiger partial charge >= 0.3 is 0 Å². The molecule has 21 heavy (non-hydrogen) atoms. The van der Waals surface area contributed by atoms with Crippen molar-refractivity contribution in [1.29, 1.82) is 0 Å². The third-order valence-corrected chi connectivity index (χ3v) is 3.37. The van der Waals surface area contributed by atoms with E-state index in [2.05, 4.69) is 0 Å². The molecular weight excluding hydrogens is 264 g/mol. The summed E-state index contributed by atoms with van der Waals surface area (Å²) in [6.07, 6.45) is 0. The molecule has 4 heteroatoms. The van der Waals surface area contributed by atoms with Gasteiger partial charge in [-0.25, -0.2) is 0 Å². The Labute approximate surface area is 125 Å². The van der Waals surface area contributed by atoms with Gasteiger partial charge in [0.2, 0.25) is 0 Å². The molecular formula is C17H20N2O2. The number of hydrogen-bond donors (Lipinski definition) is 1. The van der Waals surface area contributed by atoms with Crippen molar-refractivity contribution in [3.8, 4) is 5.75 Å². The zero-order valence-corrected chi connectivity index (χ0v) is 12.4. The lowest BCUT2D eigenvalue weighted by atomic mass is 10.2. The van der Waals surface area contributed by atoms with Crippen molar-refractivity contribution in [2.75, 3.05) is 18.6 Å². The summed E-state index contributed by atoms with van der Waals surface area (Å²) >= 11 is 0. The lowest BCUT2D eigenvalue weighted by molar-refractivity contribution is -0.120. The fraction of sp³-hybridized carbons (Fsp3) is 0.235. The topological polar surface area (TPSA) is 55.6 Å². The number of anilines is 1. The quantitative estimate of drug-likeness (QED) is 0.917. The summed E-state index contributed by atoms with van der Waals surface area (Å²) in [5, 5.41) is 0. The first-order valence-corrected chi connectivity index (χ1v) is 6.86. The number of rotatable bonds is 5. The van der Waals surface area contributed by atoms with Crippen LogP contribution in [0.25, 0.3) is 0 Å². The van der Waals surface area contributed by atoms with Crippen LogP contribution in [0.3, 0.4) is 0 Å². The number of likely N-dealkylation sites (N-methyl/N-ethyl adjacent to an activating group) is 1. The molecule has 0 bridgehead atoms. The zero-order chi connectivity index (χ0) is 15.2. The van der Waals surface area contributed by atoms with Crippen LogP contribution in [0.15, 0.2) is 48.5 Å². The highest BCUT2D eigenvalue weighted by atomic mass is 16.5. The number of aryl methyl sites for hydroxylation is 1. The molecule has 0 aliphatic heterocycles. The number of carbonyl (C=O) groups excluding carboxylic acids is 1. The Morgan fingerprint density at radius 3 is 2.43 bits per heavy atom. The van der Waals surface area contributed by atoms with Gasteiger partial charge in [0.25, 0.3) is 5.91 Å². The summed E-state index contributed by atoms with van der Waals surface area (Å²) in [4.78, 5) is 13.8. The summed E-state index contributed by atoms with van der Waals surface area (Å²) in [5.74, 6) is 0.575. The number of hydrogen-bond acceptors (Lipinski definition) is 3. The lowest BCUT2D eigenvalue weighted by Gasteiger charge is -2.19. The predicted octanol–water partition coefficient (Wildman–Crippen LogP) is 2.50. The number of benzene rings is 2. The van der Waals surface area contributed by atoms with Gasteiger partial charge in [0, 0.05) is 19.3 Å². The molecule has 0 atom stereocenters. The minimum absolute atomic E-state index is 0.00675. The molecule has 0 aliphatic carbocycles. The van der Waals surface area contributed by atoms with Gasteiger partial charge in [0.05, 0.1) is 0 Å². The third kappa shape index (κ3) is 3.83. The van der Waals surface area contributed by atoms with Crippen molar-refractivity contribution in [3.05, 3.63) is 59.7 Å². The van der Waals surface area contributed by atoms with Crippen molar-refractivity contribution in [1.82, 2.24) is 0 Å². The summed E-state index contributed by atoms with van der Waals surface area (Å²) < 4.78 is 5.52. The van der Waals surface area contributed by atoms with Crippen LogP contribution in [0.4, 0.5) is 5.69 Å². The maximum absolute atomic E-state index is 12.2. The second-order valence-corrected chi connectivity index (χ2v) is 4.88. The Hall–Kier alpha value is -2.33. The Balaban J connectivity index is 1.96. The Bertz CT molecular complexity index is 608. The van der Waals surface area contributed by atoms with Crippen LogP contribution in [0.5, 0.6) is 5.75 Å². The van der Waals surface area contributed by atoms with Crippen LogP contribution < -0.4 is 15.4 Å². The Morgan fingerprint density at radius 2 is 1.81 bits per heavy atom. The molecule has 2 aromatic carbocycles. The second kappa shape index (κ2) is 6.90. The van der Waals surface area contributed by atoms with Gasteiger partial charge in [-0.05, 0) is 36.2 Å². The lowest BCUT2D eigenvalue weighted by Crippen LogP contribution is -2.31. The maximum atomic E-state index is 12.2. The molecule has 0 heterocycles. The van der Waals surface area contributed by atoms with Crippen LogP contribution in [-0.4, -0.2) is 19.6 Å². The van der Waals surface area contributed by atoms with Gasteiger partial charge in [-0.2, -0.15) is 0 Å². The third-order valence-electron chi connectivity index (χ3n) is 3.37. The van der Waals surface area contributed by atoms with Gasteiger partial charge in [-0.1, -0.05) is 30.3 Å². The molecule has 4 nitrogen and oxygen atoms in total. The van der Waals surface area contributed by atoms with Crippen molar-refractivity contribution < 1.29 is 9.53 Å². The first-order valence-electron chi connectivity index (χ1n) is 6.86. The number of nitrogens with two attached hydrogens (primary N) is 1. The first kappa shape index (κ1) is 15.1. The van der Waals surface area contributed by atoms with E-state index in [4.69, 9.17) is 10.5 Å². The normalized spacial score (nSPS) is 10.2. The molecule has 0 spiro atoms. The molecule has 1 amide bonds. The number of ether oxygens (including phenoxy) is 1. The highest BCUT2D eigenvalue weighted by molar-refractivity contribution is 5.94. The largest absolute Gasteiger partial charge is 0.484 e. The van der Waals surface area contributed by atoms with Gasteiger partial charge in [-0.15, -0.1) is 0 Å². The average molecular weight is 284 g/mol. The summed E-state index contributed by atoms with van der Waals surface area (Å²) in [5.41, 5.74) is 8.52. The fourth-order valence-corrected chi connectivity index (χ4v) is 2.04. The minimum Gasteiger partial charge on any atom is -0.484 e. The average Bonchev–Trinajstić information content (AvgIpc) is 2.53. The Kier molecular flexibility index (Phi) is 4.95. The number of amides is 1. The molecule has 0 saturated carbocycles. The number of carbonyl (C=O) groups is 1. The Morgan fingerprint density at radius 1 is 1.14 bits per heavy atom. The standard InChI is InChI=1S/C17H20N2O2/c1-13-5-3-4-6-16(13)19(2)17(20)12-21-15-9-7-14(11-18)8-10-15/h3-10H,11-12,18H2,1-2H3. The van der Waals surface area contributed by atoms with E-state index in [1.807, 2.05) is 55.5 Å². The van der Waals surface area contributed by atoms with Gasteiger partial charge < -0.3 is 15.4 Å². The van der Waals surface area contributed by atoms with Gasteiger partial charge in [0.15, 0.2) is 6.61 Å². The van der Waals surface area contributed by atoms with Crippen molar-refractivity contribution in [3.63, 3.8) is 0 Å². The van der Waals surface area contributed by atoms with Gasteiger partial charge in [-0.3, -0.25) is 4.79 Å². The molecule has 110 valence electrons. The predicted molar refractivity (Wildman–Crippen MR) is 84.4 cm³/mol. The van der Waals surface area contributed by atoms with E-state index < -0.39 is 0 Å². The van der Waals surface area contributed by atoms with E-state index in [-0.39, 0.29) is 12.5 Å². The van der Waals surface area contributed by atoms with Crippen LogP contribution in [-0.2, 0) is 11.3 Å². The molecule has 0 unspecified atom stereocenters. The van der Waals surface area contributed by atoms with E-state index in [1.165, 1.54) is 0 Å². The highest BCUT2D eigenvalue weighted by Crippen LogP contribution is 2.18. The number of para-hydroxylation sites is 1. The molecule has 0 radical (unpaired) electrons. The van der Waals surface area contributed by atoms with Crippen LogP contribution in [0, 0.1) is 6.92 Å². The highest BCUT2D eigenvalue weighted by Gasteiger charge is 2.13. The monoisotopic (exact) mass is 284 g/mol. The van der Waals surface area contributed by atoms with Crippen molar-refractivity contribution >= 4 is 11.6 Å². The molecule has 0 aliphatic rings. The summed E-state index contributed by atoms with van der Waals surface area (Å²) in [6.45, 7) is 2.48. The summed E-state index contributed by atoms with van der Waals surface area (Å²) in [6, 6.07) is 15.2. The van der Waals surface area contributed by atoms with E-state index in [0.717, 1.165) is 16.8 Å². The fourth-order valence-electron chi connectivity index (χ4n) is 2.04. The van der Waals surface area contributed by atoms with Crippen LogP contribution in [0.1, 0.15) is 11.1 Å². The SMILES string of the molecule is Cc1ccccc1N(C)C(=O)COc1ccc(CN)cc1. The van der Waals surface area contributed by atoms with E-state index >= 15 is 0 Å². The summed E-state index contributed by atoms with van der Waals surface area (Å²) in [7, 11) is 1.76. The molecule has 2 N–H and O–H groups in total. The minimum atomic E-state index is -0.0906. The van der Waals surface area contributed by atoms with Crippen LogP contribution >= 0.6 is 0 Å². The van der Waals surface area contributed by atoms with E-state index in [1.54, 1.807) is 11.9 Å². The molecule has 0 fully saturated rings. The second-order valence-electron chi connectivity index (χ2n) is 4.88. The van der Waals surface area contributed by atoms with E-state index in [9.17, 15) is 4.79 Å². The number of nitrogens with zero attached hydrogens (tertiary/aromatic N) is 1. The van der Waals surface area contributed by atoms with E-state index in [0.29, 0.717) is 12.3 Å². The zero-order valence-electron chi connectivity index (χ0n) is 12.4. The van der Waals surface area contributed by atoms with Crippen LogP contribution in [0.2, 0.25) is 0 Å². The first-order chi connectivity index (χ1) is 10.1. The smallest absolute Gasteiger partial charge is 0.264 e. The van der Waals surface area contributed by atoms with Crippen molar-refractivity contribution in [2.45, 2.75) is 13.5 Å². The van der Waals surface area contributed by atoms with Crippen molar-refractivity contribution in [2.24, 2.45) is 5.73 Å². The molecule has 0 aromatic heterocycles. The maximum Gasteiger partial charge on any atom is 0.264 e.